The summed E-state index contributed by atoms with van der Waals surface area (Å²) >= 11 is 0. The molecule has 0 saturated heterocycles. The van der Waals surface area contributed by atoms with E-state index in [0.717, 1.165) is 18.8 Å². The largest absolute Gasteiger partial charge is 0.397 e. The van der Waals surface area contributed by atoms with Crippen molar-refractivity contribution in [3.8, 4) is 0 Å². The highest BCUT2D eigenvalue weighted by Crippen LogP contribution is 2.09. The molecule has 0 spiro atoms. The van der Waals surface area contributed by atoms with Gasteiger partial charge in [-0.3, -0.25) is 9.88 Å². The van der Waals surface area contributed by atoms with E-state index in [1.165, 1.54) is 11.1 Å². The molecule has 0 aliphatic carbocycles. The van der Waals surface area contributed by atoms with Crippen LogP contribution in [0, 0.1) is 6.92 Å². The lowest BCUT2D eigenvalue weighted by molar-refractivity contribution is 0.315. The van der Waals surface area contributed by atoms with Crippen molar-refractivity contribution in [3.05, 3.63) is 59.4 Å². The summed E-state index contributed by atoms with van der Waals surface area (Å²) < 4.78 is 0. The highest BCUT2D eigenvalue weighted by Gasteiger charge is 2.02. The summed E-state index contributed by atoms with van der Waals surface area (Å²) in [5.74, 6) is 0. The fraction of sp³-hybridized carbons (Fsp3) is 0.267. The molecule has 0 radical (unpaired) electrons. The summed E-state index contributed by atoms with van der Waals surface area (Å²) in [5, 5.41) is 0. The molecule has 2 rings (SSSR count). The van der Waals surface area contributed by atoms with Crippen LogP contribution >= 0.6 is 0 Å². The van der Waals surface area contributed by atoms with E-state index in [2.05, 4.69) is 48.1 Å². The molecule has 0 amide bonds. The summed E-state index contributed by atoms with van der Waals surface area (Å²) in [6.07, 6.45) is 1.70. The Morgan fingerprint density at radius 1 is 1.06 bits per heavy atom. The maximum Gasteiger partial charge on any atom is 0.0545 e. The zero-order valence-electron chi connectivity index (χ0n) is 10.9. The number of rotatable bonds is 4. The molecule has 0 atom stereocenters. The molecule has 0 fully saturated rings. The minimum Gasteiger partial charge on any atom is -0.397 e. The number of pyridine rings is 1. The number of anilines is 1. The molecule has 0 unspecified atom stereocenters. The second-order valence-corrected chi connectivity index (χ2v) is 4.74. The Kier molecular flexibility index (Phi) is 3.95. The molecule has 3 nitrogen and oxygen atoms in total. The first-order chi connectivity index (χ1) is 8.63. The third-order valence-corrected chi connectivity index (χ3v) is 2.85. The maximum absolute atomic E-state index is 5.62. The molecule has 0 aliphatic rings. The Morgan fingerprint density at radius 2 is 1.78 bits per heavy atom. The molecule has 1 aromatic heterocycles. The Morgan fingerprint density at radius 3 is 2.39 bits per heavy atom. The Bertz CT molecular complexity index is 441. The average molecular weight is 241 g/mol. The van der Waals surface area contributed by atoms with Crippen molar-refractivity contribution < 1.29 is 0 Å². The van der Waals surface area contributed by atoms with Crippen molar-refractivity contribution in [2.45, 2.75) is 20.0 Å². The molecular weight excluding hydrogens is 222 g/mol. The minimum atomic E-state index is 0.708. The fourth-order valence-corrected chi connectivity index (χ4v) is 1.87. The lowest BCUT2D eigenvalue weighted by Gasteiger charge is -2.16. The van der Waals surface area contributed by atoms with Gasteiger partial charge in [0.05, 0.1) is 17.6 Å². The number of aromatic nitrogens is 1. The first-order valence-corrected chi connectivity index (χ1v) is 6.08. The molecule has 94 valence electrons. The van der Waals surface area contributed by atoms with Crippen molar-refractivity contribution >= 4 is 5.69 Å². The highest BCUT2D eigenvalue weighted by atomic mass is 15.1. The lowest BCUT2D eigenvalue weighted by Crippen LogP contribution is -2.17. The molecular formula is C15H19N3. The van der Waals surface area contributed by atoms with Crippen LogP contribution in [0.2, 0.25) is 0 Å². The van der Waals surface area contributed by atoms with Crippen LogP contribution in [0.4, 0.5) is 5.69 Å². The Labute approximate surface area is 108 Å². The van der Waals surface area contributed by atoms with Gasteiger partial charge >= 0.3 is 0 Å². The van der Waals surface area contributed by atoms with Gasteiger partial charge in [0.25, 0.3) is 0 Å². The smallest absolute Gasteiger partial charge is 0.0545 e. The van der Waals surface area contributed by atoms with Gasteiger partial charge in [0.1, 0.15) is 0 Å². The van der Waals surface area contributed by atoms with E-state index >= 15 is 0 Å². The third kappa shape index (κ3) is 3.57. The molecule has 2 aromatic rings. The summed E-state index contributed by atoms with van der Waals surface area (Å²) in [5.41, 5.74) is 9.98. The highest BCUT2D eigenvalue weighted by molar-refractivity contribution is 5.34. The molecule has 1 aromatic carbocycles. The van der Waals surface area contributed by atoms with Gasteiger partial charge in [-0.1, -0.05) is 29.8 Å². The molecule has 3 heteroatoms. The van der Waals surface area contributed by atoms with E-state index in [-0.39, 0.29) is 0 Å². The second-order valence-electron chi connectivity index (χ2n) is 4.74. The molecule has 0 saturated carbocycles. The van der Waals surface area contributed by atoms with E-state index < -0.39 is 0 Å². The molecule has 0 aliphatic heterocycles. The number of nitrogens with zero attached hydrogens (tertiary/aromatic N) is 2. The Balaban J connectivity index is 1.94. The fourth-order valence-electron chi connectivity index (χ4n) is 1.87. The van der Waals surface area contributed by atoms with Crippen molar-refractivity contribution in [1.29, 1.82) is 0 Å². The zero-order valence-corrected chi connectivity index (χ0v) is 10.9. The molecule has 18 heavy (non-hydrogen) atoms. The van der Waals surface area contributed by atoms with E-state index in [0.29, 0.717) is 5.69 Å². The van der Waals surface area contributed by atoms with E-state index in [1.54, 1.807) is 6.20 Å². The van der Waals surface area contributed by atoms with Crippen LogP contribution in [0.5, 0.6) is 0 Å². The average Bonchev–Trinajstić information content (AvgIpc) is 2.35. The number of hydrogen-bond donors (Lipinski definition) is 1. The quantitative estimate of drug-likeness (QED) is 0.894. The van der Waals surface area contributed by atoms with Gasteiger partial charge in [-0.15, -0.1) is 0 Å². The SMILES string of the molecule is Cc1ccc(CN(C)Cc2ccc(N)cn2)cc1. The van der Waals surface area contributed by atoms with Gasteiger partial charge in [-0.25, -0.2) is 0 Å². The number of nitrogen functional groups attached to an aromatic ring is 1. The predicted molar refractivity (Wildman–Crippen MR) is 75.0 cm³/mol. The van der Waals surface area contributed by atoms with Crippen LogP contribution in [0.15, 0.2) is 42.6 Å². The standard InChI is InChI=1S/C15H19N3/c1-12-3-5-13(6-4-12)10-18(2)11-15-8-7-14(16)9-17-15/h3-9H,10-11,16H2,1-2H3. The summed E-state index contributed by atoms with van der Waals surface area (Å²) in [4.78, 5) is 6.55. The van der Waals surface area contributed by atoms with Gasteiger partial charge in [-0.2, -0.15) is 0 Å². The number of aryl methyl sites for hydroxylation is 1. The van der Waals surface area contributed by atoms with Crippen LogP contribution in [0.25, 0.3) is 0 Å². The van der Waals surface area contributed by atoms with E-state index in [9.17, 15) is 0 Å². The summed E-state index contributed by atoms with van der Waals surface area (Å²) in [6, 6.07) is 12.5. The van der Waals surface area contributed by atoms with Crippen molar-refractivity contribution in [1.82, 2.24) is 9.88 Å². The van der Waals surface area contributed by atoms with Crippen LogP contribution < -0.4 is 5.73 Å². The lowest BCUT2D eigenvalue weighted by atomic mass is 10.1. The number of hydrogen-bond acceptors (Lipinski definition) is 3. The topological polar surface area (TPSA) is 42.1 Å². The van der Waals surface area contributed by atoms with Gasteiger partial charge < -0.3 is 5.73 Å². The van der Waals surface area contributed by atoms with Crippen molar-refractivity contribution in [2.24, 2.45) is 0 Å². The van der Waals surface area contributed by atoms with Crippen LogP contribution in [-0.4, -0.2) is 16.9 Å². The van der Waals surface area contributed by atoms with Gasteiger partial charge in [0, 0.05) is 13.1 Å². The molecule has 1 heterocycles. The minimum absolute atomic E-state index is 0.708. The summed E-state index contributed by atoms with van der Waals surface area (Å²) in [6.45, 7) is 3.85. The van der Waals surface area contributed by atoms with E-state index in [4.69, 9.17) is 5.73 Å². The number of benzene rings is 1. The Hall–Kier alpha value is -1.87. The predicted octanol–water partition coefficient (Wildman–Crippen LogP) is 2.60. The molecule has 2 N–H and O–H groups in total. The van der Waals surface area contributed by atoms with Crippen LogP contribution in [-0.2, 0) is 13.1 Å². The molecule has 0 bridgehead atoms. The van der Waals surface area contributed by atoms with Crippen molar-refractivity contribution in [3.63, 3.8) is 0 Å². The van der Waals surface area contributed by atoms with Crippen molar-refractivity contribution in [2.75, 3.05) is 12.8 Å². The summed E-state index contributed by atoms with van der Waals surface area (Å²) in [7, 11) is 2.10. The zero-order chi connectivity index (χ0) is 13.0. The van der Waals surface area contributed by atoms with Gasteiger partial charge in [-0.05, 0) is 31.7 Å². The monoisotopic (exact) mass is 241 g/mol. The first-order valence-electron chi connectivity index (χ1n) is 6.08. The van der Waals surface area contributed by atoms with Gasteiger partial charge in [0.15, 0.2) is 0 Å². The maximum atomic E-state index is 5.62. The normalized spacial score (nSPS) is 10.8. The van der Waals surface area contributed by atoms with Crippen LogP contribution in [0.1, 0.15) is 16.8 Å². The van der Waals surface area contributed by atoms with E-state index in [1.807, 2.05) is 12.1 Å². The van der Waals surface area contributed by atoms with Gasteiger partial charge in [0.2, 0.25) is 0 Å². The third-order valence-electron chi connectivity index (χ3n) is 2.85. The second kappa shape index (κ2) is 5.65. The number of nitrogens with two attached hydrogens (primary N) is 1. The van der Waals surface area contributed by atoms with Crippen LogP contribution in [0.3, 0.4) is 0 Å². The first kappa shape index (κ1) is 12.6.